The lowest BCUT2D eigenvalue weighted by molar-refractivity contribution is -0.114. The van der Waals surface area contributed by atoms with Crippen molar-refractivity contribution in [3.8, 4) is 0 Å². The van der Waals surface area contributed by atoms with Crippen LogP contribution in [0.4, 0.5) is 5.69 Å². The van der Waals surface area contributed by atoms with Gasteiger partial charge in [-0.05, 0) is 55.1 Å². The molecule has 1 aromatic carbocycles. The summed E-state index contributed by atoms with van der Waals surface area (Å²) in [6, 6.07) is 12.2. The first-order valence-electron chi connectivity index (χ1n) is 8.27. The summed E-state index contributed by atoms with van der Waals surface area (Å²) in [5, 5.41) is 6.19. The molecule has 0 bridgehead atoms. The van der Waals surface area contributed by atoms with Gasteiger partial charge in [0.15, 0.2) is 0 Å². The average Bonchev–Trinajstić information content (AvgIpc) is 3.07. The summed E-state index contributed by atoms with van der Waals surface area (Å²) in [6.45, 7) is 5.45. The summed E-state index contributed by atoms with van der Waals surface area (Å²) in [6.07, 6.45) is 2.21. The first kappa shape index (κ1) is 15.8. The Balaban J connectivity index is 1.39. The standard InChI is InChI=1S/C19H24N2O2/c1-13-11-18(13)19-8-7-17(23-19)12-20-10-9-15-3-5-16(6-4-15)21-14(2)22/h3-8,13,18,20H,9-12H2,1-2H3,(H,21,22). The van der Waals surface area contributed by atoms with Crippen molar-refractivity contribution in [1.82, 2.24) is 5.32 Å². The van der Waals surface area contributed by atoms with Gasteiger partial charge in [-0.25, -0.2) is 0 Å². The molecule has 0 radical (unpaired) electrons. The number of rotatable bonds is 7. The van der Waals surface area contributed by atoms with Crippen molar-refractivity contribution in [3.63, 3.8) is 0 Å². The van der Waals surface area contributed by atoms with E-state index in [1.807, 2.05) is 24.3 Å². The molecular formula is C19H24N2O2. The van der Waals surface area contributed by atoms with E-state index in [1.165, 1.54) is 18.9 Å². The summed E-state index contributed by atoms with van der Waals surface area (Å²) < 4.78 is 5.88. The van der Waals surface area contributed by atoms with Crippen LogP contribution >= 0.6 is 0 Å². The first-order valence-corrected chi connectivity index (χ1v) is 8.27. The molecule has 3 rings (SSSR count). The summed E-state index contributed by atoms with van der Waals surface area (Å²) in [7, 11) is 0. The van der Waals surface area contributed by atoms with Crippen LogP contribution in [0.3, 0.4) is 0 Å². The molecule has 1 saturated carbocycles. The lowest BCUT2D eigenvalue weighted by Crippen LogP contribution is -2.16. The third-order valence-corrected chi connectivity index (χ3v) is 4.32. The second-order valence-corrected chi connectivity index (χ2v) is 6.43. The highest BCUT2D eigenvalue weighted by Gasteiger charge is 2.36. The predicted octanol–water partition coefficient (Wildman–Crippen LogP) is 3.69. The summed E-state index contributed by atoms with van der Waals surface area (Å²) in [5.41, 5.74) is 2.09. The fourth-order valence-electron chi connectivity index (χ4n) is 2.81. The van der Waals surface area contributed by atoms with E-state index in [2.05, 4.69) is 29.7 Å². The predicted molar refractivity (Wildman–Crippen MR) is 91.4 cm³/mol. The second-order valence-electron chi connectivity index (χ2n) is 6.43. The van der Waals surface area contributed by atoms with Crippen LogP contribution in [0, 0.1) is 5.92 Å². The van der Waals surface area contributed by atoms with Gasteiger partial charge in [0.2, 0.25) is 5.91 Å². The van der Waals surface area contributed by atoms with Crippen molar-refractivity contribution in [3.05, 3.63) is 53.5 Å². The van der Waals surface area contributed by atoms with Crippen LogP contribution in [0.5, 0.6) is 0 Å². The Bertz CT molecular complexity index is 660. The largest absolute Gasteiger partial charge is 0.464 e. The SMILES string of the molecule is CC(=O)Nc1ccc(CCNCc2ccc(C3CC3C)o2)cc1. The Morgan fingerprint density at radius 2 is 1.96 bits per heavy atom. The van der Waals surface area contributed by atoms with E-state index >= 15 is 0 Å². The Hall–Kier alpha value is -2.07. The van der Waals surface area contributed by atoms with Gasteiger partial charge in [-0.3, -0.25) is 4.79 Å². The van der Waals surface area contributed by atoms with Crippen LogP contribution in [0.2, 0.25) is 0 Å². The lowest BCUT2D eigenvalue weighted by atomic mass is 10.1. The highest BCUT2D eigenvalue weighted by Crippen LogP contribution is 2.47. The lowest BCUT2D eigenvalue weighted by Gasteiger charge is -2.05. The molecule has 1 aliphatic rings. The molecule has 1 aliphatic carbocycles. The molecule has 0 aliphatic heterocycles. The molecule has 2 atom stereocenters. The molecule has 0 spiro atoms. The van der Waals surface area contributed by atoms with E-state index in [9.17, 15) is 4.79 Å². The molecule has 4 heteroatoms. The molecule has 1 fully saturated rings. The zero-order valence-corrected chi connectivity index (χ0v) is 13.8. The molecule has 2 N–H and O–H groups in total. The van der Waals surface area contributed by atoms with E-state index in [0.717, 1.165) is 42.6 Å². The summed E-state index contributed by atoms with van der Waals surface area (Å²) in [5.74, 6) is 3.54. The van der Waals surface area contributed by atoms with Gasteiger partial charge in [0.25, 0.3) is 0 Å². The maximum atomic E-state index is 11.0. The molecule has 2 aromatic rings. The third-order valence-electron chi connectivity index (χ3n) is 4.32. The number of amides is 1. The minimum Gasteiger partial charge on any atom is -0.464 e. The van der Waals surface area contributed by atoms with Gasteiger partial charge in [0, 0.05) is 18.5 Å². The quantitative estimate of drug-likeness (QED) is 0.767. The van der Waals surface area contributed by atoms with Crippen molar-refractivity contribution in [1.29, 1.82) is 0 Å². The number of carbonyl (C=O) groups is 1. The van der Waals surface area contributed by atoms with Crippen LogP contribution < -0.4 is 10.6 Å². The van der Waals surface area contributed by atoms with Gasteiger partial charge in [-0.15, -0.1) is 0 Å². The Kier molecular flexibility index (Phi) is 4.82. The number of furan rings is 1. The van der Waals surface area contributed by atoms with Crippen molar-refractivity contribution in [2.24, 2.45) is 5.92 Å². The summed E-state index contributed by atoms with van der Waals surface area (Å²) >= 11 is 0. The van der Waals surface area contributed by atoms with Crippen LogP contribution in [0.25, 0.3) is 0 Å². The molecule has 1 aromatic heterocycles. The monoisotopic (exact) mass is 312 g/mol. The third kappa shape index (κ3) is 4.45. The Morgan fingerprint density at radius 1 is 1.22 bits per heavy atom. The topological polar surface area (TPSA) is 54.3 Å². The maximum absolute atomic E-state index is 11.0. The molecule has 23 heavy (non-hydrogen) atoms. The van der Waals surface area contributed by atoms with E-state index in [1.54, 1.807) is 0 Å². The zero-order chi connectivity index (χ0) is 16.2. The smallest absolute Gasteiger partial charge is 0.221 e. The average molecular weight is 312 g/mol. The van der Waals surface area contributed by atoms with Crippen molar-refractivity contribution in [2.75, 3.05) is 11.9 Å². The first-order chi connectivity index (χ1) is 11.1. The molecule has 0 saturated heterocycles. The van der Waals surface area contributed by atoms with Crippen LogP contribution in [-0.2, 0) is 17.8 Å². The van der Waals surface area contributed by atoms with E-state index in [-0.39, 0.29) is 5.91 Å². The number of hydrogen-bond acceptors (Lipinski definition) is 3. The highest BCUT2D eigenvalue weighted by atomic mass is 16.3. The van der Waals surface area contributed by atoms with Gasteiger partial charge in [0.05, 0.1) is 6.54 Å². The highest BCUT2D eigenvalue weighted by molar-refractivity contribution is 5.88. The molecular weight excluding hydrogens is 288 g/mol. The molecule has 4 nitrogen and oxygen atoms in total. The zero-order valence-electron chi connectivity index (χ0n) is 13.8. The van der Waals surface area contributed by atoms with Crippen LogP contribution in [0.15, 0.2) is 40.8 Å². The molecule has 1 amide bonds. The van der Waals surface area contributed by atoms with Gasteiger partial charge in [0.1, 0.15) is 11.5 Å². The van der Waals surface area contributed by atoms with Gasteiger partial charge in [-0.2, -0.15) is 0 Å². The maximum Gasteiger partial charge on any atom is 0.221 e. The van der Waals surface area contributed by atoms with E-state index in [0.29, 0.717) is 5.92 Å². The number of anilines is 1. The van der Waals surface area contributed by atoms with Gasteiger partial charge < -0.3 is 15.1 Å². The Labute approximate surface area is 137 Å². The van der Waals surface area contributed by atoms with Gasteiger partial charge in [-0.1, -0.05) is 19.1 Å². The van der Waals surface area contributed by atoms with Crippen molar-refractivity contribution >= 4 is 11.6 Å². The number of benzene rings is 1. The fourth-order valence-corrected chi connectivity index (χ4v) is 2.81. The minimum absolute atomic E-state index is 0.0437. The van der Waals surface area contributed by atoms with Gasteiger partial charge >= 0.3 is 0 Å². The van der Waals surface area contributed by atoms with Crippen molar-refractivity contribution in [2.45, 2.75) is 39.2 Å². The second kappa shape index (κ2) is 7.01. The Morgan fingerprint density at radius 3 is 2.61 bits per heavy atom. The molecule has 122 valence electrons. The normalized spacial score (nSPS) is 19.6. The number of hydrogen-bond donors (Lipinski definition) is 2. The minimum atomic E-state index is -0.0437. The van der Waals surface area contributed by atoms with Crippen LogP contribution in [-0.4, -0.2) is 12.5 Å². The van der Waals surface area contributed by atoms with Crippen LogP contribution in [0.1, 0.15) is 43.3 Å². The van der Waals surface area contributed by atoms with E-state index in [4.69, 9.17) is 4.42 Å². The molecule has 1 heterocycles. The molecule has 2 unspecified atom stereocenters. The number of carbonyl (C=O) groups excluding carboxylic acids is 1. The van der Waals surface area contributed by atoms with Crippen molar-refractivity contribution < 1.29 is 9.21 Å². The number of nitrogens with one attached hydrogen (secondary N) is 2. The fraction of sp³-hybridized carbons (Fsp3) is 0.421. The van der Waals surface area contributed by atoms with E-state index < -0.39 is 0 Å². The summed E-state index contributed by atoms with van der Waals surface area (Å²) in [4.78, 5) is 11.0.